The molecular weight excluding hydrogens is 517 g/mol. The van der Waals surface area contributed by atoms with Gasteiger partial charge in [0.25, 0.3) is 5.91 Å². The quantitative estimate of drug-likeness (QED) is 0.246. The number of nitrogens with one attached hydrogen (secondary N) is 1. The van der Waals surface area contributed by atoms with Gasteiger partial charge in [-0.3, -0.25) is 14.4 Å². The number of carbonyl (C=O) groups excluding carboxylic acids is 2. The lowest BCUT2D eigenvalue weighted by atomic mass is 9.87. The Hall–Kier alpha value is -4.15. The minimum absolute atomic E-state index is 0.0382. The Morgan fingerprint density at radius 3 is 2.28 bits per heavy atom. The third kappa shape index (κ3) is 7.24. The summed E-state index contributed by atoms with van der Waals surface area (Å²) in [6.07, 6.45) is -2.26. The molecule has 2 N–H and O–H groups in total. The first-order valence-electron chi connectivity index (χ1n) is 12.6. The number of halogens is 3. The molecule has 0 atom stereocenters. The molecule has 0 bridgehead atoms. The molecule has 1 aromatic heterocycles. The molecule has 1 aliphatic rings. The van der Waals surface area contributed by atoms with Crippen LogP contribution in [-0.4, -0.2) is 40.4 Å². The van der Waals surface area contributed by atoms with Crippen molar-refractivity contribution < 1.29 is 41.8 Å². The van der Waals surface area contributed by atoms with Gasteiger partial charge in [-0.25, -0.2) is 4.98 Å². The Morgan fingerprint density at radius 2 is 1.67 bits per heavy atom. The highest BCUT2D eigenvalue weighted by atomic mass is 19.4. The third-order valence-electron chi connectivity index (χ3n) is 6.49. The summed E-state index contributed by atoms with van der Waals surface area (Å²) in [5, 5.41) is 11.5. The topological polar surface area (TPSA) is 119 Å². The van der Waals surface area contributed by atoms with Crippen molar-refractivity contribution in [3.05, 3.63) is 71.6 Å². The van der Waals surface area contributed by atoms with Gasteiger partial charge in [0.05, 0.1) is 12.0 Å². The van der Waals surface area contributed by atoms with Crippen molar-refractivity contribution in [2.75, 3.05) is 6.54 Å². The van der Waals surface area contributed by atoms with E-state index in [9.17, 15) is 27.6 Å². The number of Topliss-reactive ketones (excluding diaryl/α,β-unsaturated/α-hetero) is 1. The number of benzene rings is 2. The van der Waals surface area contributed by atoms with Crippen LogP contribution in [0.5, 0.6) is 5.75 Å². The molecule has 0 unspecified atom stereocenters. The number of carboxylic acids is 1. The van der Waals surface area contributed by atoms with Crippen LogP contribution < -0.4 is 10.1 Å². The number of ketones is 1. The van der Waals surface area contributed by atoms with Crippen molar-refractivity contribution in [1.29, 1.82) is 0 Å². The molecule has 39 heavy (non-hydrogen) atoms. The molecule has 1 amide bonds. The number of aromatic nitrogens is 1. The fourth-order valence-corrected chi connectivity index (χ4v) is 4.39. The maximum Gasteiger partial charge on any atom is 0.437 e. The molecule has 1 saturated carbocycles. The van der Waals surface area contributed by atoms with Crippen LogP contribution in [0, 0.1) is 5.92 Å². The third-order valence-corrected chi connectivity index (χ3v) is 6.49. The highest BCUT2D eigenvalue weighted by Crippen LogP contribution is 2.34. The summed E-state index contributed by atoms with van der Waals surface area (Å²) in [7, 11) is 0. The molecule has 0 saturated heterocycles. The number of rotatable bonds is 10. The van der Waals surface area contributed by atoms with Gasteiger partial charge in [0.1, 0.15) is 5.75 Å². The number of alkyl halides is 3. The number of nitrogens with zero attached hydrogens (tertiary/aromatic N) is 1. The maximum atomic E-state index is 13.4. The Labute approximate surface area is 222 Å². The fraction of sp³-hybridized carbons (Fsp3) is 0.357. The minimum Gasteiger partial charge on any atom is -0.490 e. The van der Waals surface area contributed by atoms with Crippen molar-refractivity contribution in [2.24, 2.45) is 5.92 Å². The van der Waals surface area contributed by atoms with Crippen molar-refractivity contribution in [1.82, 2.24) is 10.3 Å². The lowest BCUT2D eigenvalue weighted by molar-refractivity contribution is -0.143. The summed E-state index contributed by atoms with van der Waals surface area (Å²) in [6.45, 7) is -0.0382. The zero-order valence-corrected chi connectivity index (χ0v) is 20.9. The van der Waals surface area contributed by atoms with Gasteiger partial charge >= 0.3 is 12.1 Å². The van der Waals surface area contributed by atoms with E-state index in [1.54, 1.807) is 42.5 Å². The van der Waals surface area contributed by atoms with Gasteiger partial charge in [0.15, 0.2) is 11.5 Å². The second-order valence-electron chi connectivity index (χ2n) is 9.30. The monoisotopic (exact) mass is 544 g/mol. The Morgan fingerprint density at radius 1 is 1.00 bits per heavy atom. The van der Waals surface area contributed by atoms with E-state index in [0.717, 1.165) is 0 Å². The second-order valence-corrected chi connectivity index (χ2v) is 9.30. The first kappa shape index (κ1) is 27.9. The molecule has 11 heteroatoms. The van der Waals surface area contributed by atoms with Crippen molar-refractivity contribution in [2.45, 2.75) is 50.8 Å². The van der Waals surface area contributed by atoms with E-state index in [4.69, 9.17) is 14.3 Å². The number of hydrogen-bond acceptors (Lipinski definition) is 6. The molecule has 8 nitrogen and oxygen atoms in total. The molecule has 206 valence electrons. The van der Waals surface area contributed by atoms with Gasteiger partial charge in [-0.05, 0) is 68.5 Å². The minimum atomic E-state index is -4.88. The molecule has 0 spiro atoms. The predicted octanol–water partition coefficient (Wildman–Crippen LogP) is 5.78. The van der Waals surface area contributed by atoms with E-state index >= 15 is 0 Å². The normalized spacial score (nSPS) is 17.4. The number of aliphatic carboxylic acids is 1. The second kappa shape index (κ2) is 12.1. The number of carboxylic acid groups (broad SMARTS) is 1. The average molecular weight is 545 g/mol. The molecule has 4 rings (SSSR count). The van der Waals surface area contributed by atoms with Gasteiger partial charge in [-0.15, -0.1) is 0 Å². The molecule has 1 heterocycles. The molecule has 0 aliphatic heterocycles. The maximum absolute atomic E-state index is 13.4. The lowest BCUT2D eigenvalue weighted by Gasteiger charge is -2.26. The molecule has 1 aliphatic carbocycles. The zero-order chi connectivity index (χ0) is 28.0. The van der Waals surface area contributed by atoms with Crippen LogP contribution in [-0.2, 0) is 11.0 Å². The van der Waals surface area contributed by atoms with Gasteiger partial charge in [-0.1, -0.05) is 18.2 Å². The Kier molecular flexibility index (Phi) is 8.68. The molecule has 2 aromatic carbocycles. The summed E-state index contributed by atoms with van der Waals surface area (Å²) in [4.78, 5) is 39.5. The number of carbonyl (C=O) groups is 3. The summed E-state index contributed by atoms with van der Waals surface area (Å²) in [5.74, 6) is -3.03. The van der Waals surface area contributed by atoms with Gasteiger partial charge in [0.2, 0.25) is 11.7 Å². The molecule has 0 radical (unpaired) electrons. The first-order chi connectivity index (χ1) is 18.6. The van der Waals surface area contributed by atoms with Gasteiger partial charge in [-0.2, -0.15) is 13.2 Å². The summed E-state index contributed by atoms with van der Waals surface area (Å²) >= 11 is 0. The van der Waals surface area contributed by atoms with Crippen LogP contribution in [0.2, 0.25) is 0 Å². The summed E-state index contributed by atoms with van der Waals surface area (Å²) < 4.78 is 51.4. The van der Waals surface area contributed by atoms with Crippen molar-refractivity contribution in [3.8, 4) is 17.2 Å². The van der Waals surface area contributed by atoms with E-state index in [0.29, 0.717) is 42.6 Å². The van der Waals surface area contributed by atoms with Crippen molar-refractivity contribution >= 4 is 17.7 Å². The lowest BCUT2D eigenvalue weighted by Crippen LogP contribution is -2.27. The van der Waals surface area contributed by atoms with Crippen LogP contribution in [0.1, 0.15) is 65.1 Å². The van der Waals surface area contributed by atoms with E-state index < -0.39 is 29.5 Å². The van der Waals surface area contributed by atoms with Gasteiger partial charge in [0, 0.05) is 24.1 Å². The van der Waals surface area contributed by atoms with Gasteiger partial charge < -0.3 is 19.6 Å². The molecular formula is C28H27F3N2O6. The number of oxazole rings is 1. The summed E-state index contributed by atoms with van der Waals surface area (Å²) in [5.41, 5.74) is -0.674. The van der Waals surface area contributed by atoms with Crippen LogP contribution in [0.3, 0.4) is 0 Å². The average Bonchev–Trinajstić information content (AvgIpc) is 3.39. The smallest absolute Gasteiger partial charge is 0.437 e. The van der Waals surface area contributed by atoms with Crippen LogP contribution in [0.4, 0.5) is 13.2 Å². The van der Waals surface area contributed by atoms with E-state index in [1.807, 2.05) is 0 Å². The number of ether oxygens (including phenoxy) is 1. The Bertz CT molecular complexity index is 1300. The highest BCUT2D eigenvalue weighted by molar-refractivity contribution is 5.96. The van der Waals surface area contributed by atoms with E-state index in [1.165, 1.54) is 12.1 Å². The number of hydrogen-bond donors (Lipinski definition) is 2. The largest absolute Gasteiger partial charge is 0.490 e. The summed E-state index contributed by atoms with van der Waals surface area (Å²) in [6, 6.07) is 14.5. The predicted molar refractivity (Wildman–Crippen MR) is 133 cm³/mol. The molecule has 1 fully saturated rings. The first-order valence-corrected chi connectivity index (χ1v) is 12.6. The standard InChI is InChI=1S/C28H27F3N2O6/c29-28(30,31)24-23(39-26(33-24)18-5-2-1-3-6-18)25(35)32-16-4-7-22(34)17-8-12-20(13-9-17)38-21-14-10-19(11-15-21)27(36)37/h1-3,5-6,8-9,12-13,19,21H,4,7,10-11,14-16H2,(H,32,35)(H,36,37). The van der Waals surface area contributed by atoms with Crippen LogP contribution in [0.25, 0.3) is 11.5 Å². The van der Waals surface area contributed by atoms with Crippen LogP contribution in [0.15, 0.2) is 59.0 Å². The Balaban J connectivity index is 1.26. The SMILES string of the molecule is O=C(CCCNC(=O)c1oc(-c2ccccc2)nc1C(F)(F)F)c1ccc(OC2CCC(C(=O)O)CC2)cc1. The zero-order valence-electron chi connectivity index (χ0n) is 20.9. The van der Waals surface area contributed by atoms with Crippen LogP contribution >= 0.6 is 0 Å². The van der Waals surface area contributed by atoms with E-state index in [2.05, 4.69) is 10.3 Å². The highest BCUT2D eigenvalue weighted by Gasteiger charge is 2.41. The fourth-order valence-electron chi connectivity index (χ4n) is 4.39. The molecule has 3 aromatic rings. The van der Waals surface area contributed by atoms with Crippen molar-refractivity contribution in [3.63, 3.8) is 0 Å². The van der Waals surface area contributed by atoms with E-state index in [-0.39, 0.29) is 43.1 Å². The number of amides is 1.